The monoisotopic (exact) mass is 286 g/mol. The number of esters is 1. The van der Waals surface area contributed by atoms with E-state index in [-0.39, 0.29) is 5.97 Å². The molecule has 20 heavy (non-hydrogen) atoms. The van der Waals surface area contributed by atoms with Gasteiger partial charge in [0.05, 0.1) is 6.61 Å². The van der Waals surface area contributed by atoms with Gasteiger partial charge in [0.1, 0.15) is 5.54 Å². The van der Waals surface area contributed by atoms with Gasteiger partial charge in [0.25, 0.3) is 0 Å². The molecule has 0 bridgehead atoms. The Balaban J connectivity index is 4.90. The van der Waals surface area contributed by atoms with Gasteiger partial charge >= 0.3 is 5.97 Å². The second kappa shape index (κ2) is 9.35. The zero-order chi connectivity index (χ0) is 15.8. The van der Waals surface area contributed by atoms with Crippen LogP contribution in [-0.2, 0) is 9.53 Å². The van der Waals surface area contributed by atoms with E-state index >= 15 is 0 Å². The Morgan fingerprint density at radius 2 is 1.85 bits per heavy atom. The van der Waals surface area contributed by atoms with Crippen LogP contribution in [0.25, 0.3) is 0 Å². The van der Waals surface area contributed by atoms with Crippen LogP contribution in [0.15, 0.2) is 0 Å². The lowest BCUT2D eigenvalue weighted by molar-refractivity contribution is -0.151. The molecule has 0 aliphatic heterocycles. The van der Waals surface area contributed by atoms with Crippen molar-refractivity contribution in [3.05, 3.63) is 0 Å². The second-order valence-electron chi connectivity index (χ2n) is 5.96. The average Bonchev–Trinajstić information content (AvgIpc) is 2.36. The van der Waals surface area contributed by atoms with Gasteiger partial charge in [-0.05, 0) is 60.5 Å². The highest BCUT2D eigenvalue weighted by Crippen LogP contribution is 2.20. The molecule has 0 aliphatic rings. The topological polar surface area (TPSA) is 41.6 Å². The molecule has 0 rings (SSSR count). The molecule has 0 saturated heterocycles. The summed E-state index contributed by atoms with van der Waals surface area (Å²) < 4.78 is 5.26. The number of hydrogen-bond donors (Lipinski definition) is 1. The third kappa shape index (κ3) is 5.80. The van der Waals surface area contributed by atoms with Gasteiger partial charge in [0, 0.05) is 12.1 Å². The third-order valence-electron chi connectivity index (χ3n) is 3.79. The number of hydrogen-bond acceptors (Lipinski definition) is 4. The lowest BCUT2D eigenvalue weighted by Crippen LogP contribution is -2.55. The highest BCUT2D eigenvalue weighted by atomic mass is 16.5. The van der Waals surface area contributed by atoms with Gasteiger partial charge in [-0.1, -0.05) is 13.8 Å². The predicted octanol–water partition coefficient (Wildman–Crippen LogP) is 2.82. The average molecular weight is 286 g/mol. The van der Waals surface area contributed by atoms with Crippen LogP contribution in [0.2, 0.25) is 0 Å². The minimum atomic E-state index is -0.603. The third-order valence-corrected chi connectivity index (χ3v) is 3.79. The lowest BCUT2D eigenvalue weighted by Gasteiger charge is -2.37. The molecule has 2 unspecified atom stereocenters. The van der Waals surface area contributed by atoms with E-state index in [1.165, 1.54) is 0 Å². The van der Waals surface area contributed by atoms with Crippen molar-refractivity contribution in [2.24, 2.45) is 0 Å². The molecular formula is C16H34N2O2. The van der Waals surface area contributed by atoms with Crippen molar-refractivity contribution in [2.75, 3.05) is 19.7 Å². The van der Waals surface area contributed by atoms with E-state index in [9.17, 15) is 4.79 Å². The number of nitrogens with zero attached hydrogens (tertiary/aromatic N) is 1. The van der Waals surface area contributed by atoms with Crippen molar-refractivity contribution in [1.29, 1.82) is 0 Å². The number of ether oxygens (including phenoxy) is 1. The summed E-state index contributed by atoms with van der Waals surface area (Å²) in [7, 11) is 0. The minimum Gasteiger partial charge on any atom is -0.465 e. The highest BCUT2D eigenvalue weighted by molar-refractivity contribution is 5.80. The standard InChI is InChI=1S/C16H34N2O2/c1-8-11-17-16(7,15(19)20-10-3)12-14(6)18(9-2)13(4)5/h13-14,17H,8-12H2,1-7H3. The first-order chi connectivity index (χ1) is 9.32. The molecule has 1 N–H and O–H groups in total. The predicted molar refractivity (Wildman–Crippen MR) is 84.9 cm³/mol. The Kier molecular flexibility index (Phi) is 9.06. The van der Waals surface area contributed by atoms with Crippen molar-refractivity contribution in [1.82, 2.24) is 10.2 Å². The second-order valence-corrected chi connectivity index (χ2v) is 5.96. The van der Waals surface area contributed by atoms with Gasteiger partial charge < -0.3 is 10.1 Å². The quantitative estimate of drug-likeness (QED) is 0.627. The first kappa shape index (κ1) is 19.4. The van der Waals surface area contributed by atoms with Crippen molar-refractivity contribution < 1.29 is 9.53 Å². The molecule has 0 radical (unpaired) electrons. The van der Waals surface area contributed by atoms with Crippen LogP contribution in [-0.4, -0.2) is 48.2 Å². The van der Waals surface area contributed by atoms with Crippen LogP contribution < -0.4 is 5.32 Å². The van der Waals surface area contributed by atoms with Crippen molar-refractivity contribution >= 4 is 5.97 Å². The zero-order valence-corrected chi connectivity index (χ0v) is 14.5. The van der Waals surface area contributed by atoms with Gasteiger partial charge in [0.2, 0.25) is 0 Å². The number of nitrogens with one attached hydrogen (secondary N) is 1. The van der Waals surface area contributed by atoms with E-state index in [0.29, 0.717) is 18.7 Å². The maximum absolute atomic E-state index is 12.3. The molecule has 0 spiro atoms. The van der Waals surface area contributed by atoms with Gasteiger partial charge in [-0.15, -0.1) is 0 Å². The van der Waals surface area contributed by atoms with E-state index in [1.807, 2.05) is 13.8 Å². The minimum absolute atomic E-state index is 0.139. The number of carbonyl (C=O) groups is 1. The van der Waals surface area contributed by atoms with Crippen molar-refractivity contribution in [3.8, 4) is 0 Å². The van der Waals surface area contributed by atoms with Crippen LogP contribution in [0.3, 0.4) is 0 Å². The van der Waals surface area contributed by atoms with Crippen LogP contribution in [0.4, 0.5) is 0 Å². The summed E-state index contributed by atoms with van der Waals surface area (Å²) in [6, 6.07) is 0.811. The molecule has 0 amide bonds. The lowest BCUT2D eigenvalue weighted by atomic mass is 9.92. The Bertz CT molecular complexity index is 282. The Morgan fingerprint density at radius 1 is 1.25 bits per heavy atom. The fraction of sp³-hybridized carbons (Fsp3) is 0.938. The molecule has 0 heterocycles. The number of carbonyl (C=O) groups excluding carboxylic acids is 1. The molecule has 0 aromatic heterocycles. The fourth-order valence-corrected chi connectivity index (χ4v) is 2.81. The van der Waals surface area contributed by atoms with Crippen LogP contribution in [0, 0.1) is 0 Å². The molecule has 4 heteroatoms. The van der Waals surface area contributed by atoms with E-state index in [4.69, 9.17) is 4.74 Å². The zero-order valence-electron chi connectivity index (χ0n) is 14.5. The molecule has 120 valence electrons. The molecule has 0 aliphatic carbocycles. The molecule has 0 aromatic rings. The van der Waals surface area contributed by atoms with Gasteiger partial charge in [-0.3, -0.25) is 9.69 Å². The summed E-state index contributed by atoms with van der Waals surface area (Å²) in [6.45, 7) is 16.9. The maximum atomic E-state index is 12.3. The van der Waals surface area contributed by atoms with E-state index in [1.54, 1.807) is 0 Å². The van der Waals surface area contributed by atoms with Gasteiger partial charge in [-0.25, -0.2) is 0 Å². The van der Waals surface area contributed by atoms with Crippen LogP contribution in [0.1, 0.15) is 61.3 Å². The van der Waals surface area contributed by atoms with E-state index < -0.39 is 5.54 Å². The molecule has 4 nitrogen and oxygen atoms in total. The molecule has 0 fully saturated rings. The summed E-state index contributed by atoms with van der Waals surface area (Å²) in [6.07, 6.45) is 1.77. The highest BCUT2D eigenvalue weighted by Gasteiger charge is 2.37. The Morgan fingerprint density at radius 3 is 2.25 bits per heavy atom. The largest absolute Gasteiger partial charge is 0.465 e. The first-order valence-corrected chi connectivity index (χ1v) is 8.00. The van der Waals surface area contributed by atoms with Gasteiger partial charge in [0.15, 0.2) is 0 Å². The van der Waals surface area contributed by atoms with Crippen molar-refractivity contribution in [2.45, 2.75) is 78.9 Å². The van der Waals surface area contributed by atoms with E-state index in [0.717, 1.165) is 25.9 Å². The molecule has 0 saturated carbocycles. The molecule has 0 aromatic carbocycles. The fourth-order valence-electron chi connectivity index (χ4n) is 2.81. The summed E-state index contributed by atoms with van der Waals surface area (Å²) in [5, 5.41) is 3.38. The van der Waals surface area contributed by atoms with Gasteiger partial charge in [-0.2, -0.15) is 0 Å². The maximum Gasteiger partial charge on any atom is 0.326 e. The molecular weight excluding hydrogens is 252 g/mol. The normalized spacial score (nSPS) is 16.2. The first-order valence-electron chi connectivity index (χ1n) is 8.00. The van der Waals surface area contributed by atoms with Crippen LogP contribution in [0.5, 0.6) is 0 Å². The van der Waals surface area contributed by atoms with Crippen LogP contribution >= 0.6 is 0 Å². The summed E-state index contributed by atoms with van der Waals surface area (Å²) in [4.78, 5) is 14.7. The summed E-state index contributed by atoms with van der Waals surface area (Å²) in [5.41, 5.74) is -0.603. The Labute approximate surface area is 125 Å². The summed E-state index contributed by atoms with van der Waals surface area (Å²) >= 11 is 0. The SMILES string of the molecule is CCCNC(C)(CC(C)N(CC)C(C)C)C(=O)OCC. The smallest absolute Gasteiger partial charge is 0.326 e. The Hall–Kier alpha value is -0.610. The number of rotatable bonds is 10. The molecule has 2 atom stereocenters. The van der Waals surface area contributed by atoms with E-state index in [2.05, 4.69) is 44.8 Å². The summed E-state index contributed by atoms with van der Waals surface area (Å²) in [5.74, 6) is -0.139. The van der Waals surface area contributed by atoms with Crippen molar-refractivity contribution in [3.63, 3.8) is 0 Å².